The normalized spacial score (nSPS) is 14.0. The van der Waals surface area contributed by atoms with E-state index in [4.69, 9.17) is 14.2 Å². The molecule has 1 aromatic rings. The Morgan fingerprint density at radius 2 is 1.56 bits per heavy atom. The van der Waals surface area contributed by atoms with E-state index in [1.54, 1.807) is 21.3 Å². The number of hydrogen-bond acceptors (Lipinski definition) is 5. The Kier molecular flexibility index (Phi) is 3.50. The van der Waals surface area contributed by atoms with E-state index >= 15 is 0 Å². The van der Waals surface area contributed by atoms with Gasteiger partial charge >= 0.3 is 0 Å². The molecule has 0 N–H and O–H groups in total. The highest BCUT2D eigenvalue weighted by atomic mass is 16.5. The van der Waals surface area contributed by atoms with Gasteiger partial charge < -0.3 is 24.0 Å². The van der Waals surface area contributed by atoms with Crippen LogP contribution in [0.15, 0.2) is 24.5 Å². The van der Waals surface area contributed by atoms with E-state index in [0.717, 1.165) is 12.4 Å². The average molecular weight is 250 g/mol. The van der Waals surface area contributed by atoms with Crippen LogP contribution in [0.25, 0.3) is 0 Å². The van der Waals surface area contributed by atoms with Gasteiger partial charge in [0.15, 0.2) is 11.5 Å². The summed E-state index contributed by atoms with van der Waals surface area (Å²) in [6.45, 7) is 0.804. The molecule has 1 aliphatic rings. The quantitative estimate of drug-likeness (QED) is 0.815. The number of methoxy groups -OCH3 is 3. The molecule has 0 atom stereocenters. The summed E-state index contributed by atoms with van der Waals surface area (Å²) in [4.78, 5) is 4.19. The number of ether oxygens (including phenoxy) is 3. The first kappa shape index (κ1) is 12.4. The Balaban J connectivity index is 2.40. The Labute approximate surface area is 107 Å². The van der Waals surface area contributed by atoms with Crippen molar-refractivity contribution in [2.45, 2.75) is 0 Å². The predicted octanol–water partition coefficient (Wildman–Crippen LogP) is 1.89. The molecule has 2 rings (SSSR count). The van der Waals surface area contributed by atoms with Gasteiger partial charge in [0.2, 0.25) is 5.75 Å². The van der Waals surface area contributed by atoms with E-state index in [1.165, 1.54) is 0 Å². The van der Waals surface area contributed by atoms with E-state index < -0.39 is 0 Å². The lowest BCUT2D eigenvalue weighted by Crippen LogP contribution is -2.21. The van der Waals surface area contributed by atoms with E-state index in [2.05, 4.69) is 9.80 Å². The number of benzene rings is 1. The van der Waals surface area contributed by atoms with Gasteiger partial charge in [-0.15, -0.1) is 0 Å². The molecule has 1 heterocycles. The summed E-state index contributed by atoms with van der Waals surface area (Å²) in [5.41, 5.74) is 1.00. The Hall–Kier alpha value is -2.04. The maximum absolute atomic E-state index is 5.34. The molecule has 1 aliphatic heterocycles. The van der Waals surface area contributed by atoms with E-state index in [1.807, 2.05) is 31.6 Å². The summed E-state index contributed by atoms with van der Waals surface area (Å²) in [6, 6.07) is 3.87. The van der Waals surface area contributed by atoms with Gasteiger partial charge in [-0.1, -0.05) is 0 Å². The van der Waals surface area contributed by atoms with Crippen LogP contribution in [0.1, 0.15) is 0 Å². The SMILES string of the molecule is COc1cc(N2C=CN(C)C2)cc(OC)c1OC. The predicted molar refractivity (Wildman–Crippen MR) is 70.3 cm³/mol. The summed E-state index contributed by atoms with van der Waals surface area (Å²) in [7, 11) is 6.86. The second kappa shape index (κ2) is 5.08. The highest BCUT2D eigenvalue weighted by molar-refractivity contribution is 5.64. The van der Waals surface area contributed by atoms with Crippen molar-refractivity contribution in [3.63, 3.8) is 0 Å². The third kappa shape index (κ3) is 2.16. The van der Waals surface area contributed by atoms with E-state index in [9.17, 15) is 0 Å². The summed E-state index contributed by atoms with van der Waals surface area (Å²) in [5, 5.41) is 0. The van der Waals surface area contributed by atoms with Crippen LogP contribution in [-0.2, 0) is 0 Å². The van der Waals surface area contributed by atoms with Gasteiger partial charge in [0.1, 0.15) is 0 Å². The number of nitrogens with zero attached hydrogens (tertiary/aromatic N) is 2. The van der Waals surface area contributed by atoms with Gasteiger partial charge in [-0.25, -0.2) is 0 Å². The molecule has 5 nitrogen and oxygen atoms in total. The van der Waals surface area contributed by atoms with Crippen molar-refractivity contribution < 1.29 is 14.2 Å². The fourth-order valence-corrected chi connectivity index (χ4v) is 1.93. The summed E-state index contributed by atoms with van der Waals surface area (Å²) in [6.07, 6.45) is 4.03. The summed E-state index contributed by atoms with van der Waals surface area (Å²) in [5.74, 6) is 1.94. The minimum Gasteiger partial charge on any atom is -0.493 e. The minimum atomic E-state index is 0.611. The molecule has 0 aromatic heterocycles. The molecule has 18 heavy (non-hydrogen) atoms. The largest absolute Gasteiger partial charge is 0.493 e. The molecule has 98 valence electrons. The molecule has 0 saturated heterocycles. The van der Waals surface area contributed by atoms with Crippen LogP contribution in [0, 0.1) is 0 Å². The molecular formula is C13H18N2O3. The highest BCUT2D eigenvalue weighted by Gasteiger charge is 2.17. The van der Waals surface area contributed by atoms with Gasteiger partial charge in [-0.2, -0.15) is 0 Å². The van der Waals surface area contributed by atoms with Gasteiger partial charge in [0.25, 0.3) is 0 Å². The molecule has 0 bridgehead atoms. The molecule has 0 amide bonds. The zero-order valence-corrected chi connectivity index (χ0v) is 11.1. The minimum absolute atomic E-state index is 0.611. The Morgan fingerprint density at radius 3 is 1.94 bits per heavy atom. The number of anilines is 1. The van der Waals surface area contributed by atoms with Crippen LogP contribution < -0.4 is 19.1 Å². The second-order valence-electron chi connectivity index (χ2n) is 4.05. The van der Waals surface area contributed by atoms with Crippen molar-refractivity contribution in [3.8, 4) is 17.2 Å². The molecule has 0 unspecified atom stereocenters. The monoisotopic (exact) mass is 250 g/mol. The Morgan fingerprint density at radius 1 is 0.944 bits per heavy atom. The van der Waals surface area contributed by atoms with Crippen molar-refractivity contribution in [2.75, 3.05) is 39.9 Å². The average Bonchev–Trinajstić information content (AvgIpc) is 2.83. The first-order valence-electron chi connectivity index (χ1n) is 5.64. The van der Waals surface area contributed by atoms with E-state index in [0.29, 0.717) is 17.2 Å². The molecule has 0 spiro atoms. The smallest absolute Gasteiger partial charge is 0.203 e. The van der Waals surface area contributed by atoms with Crippen molar-refractivity contribution in [1.29, 1.82) is 0 Å². The molecule has 0 fully saturated rings. The van der Waals surface area contributed by atoms with Crippen LogP contribution >= 0.6 is 0 Å². The third-order valence-corrected chi connectivity index (χ3v) is 2.86. The lowest BCUT2D eigenvalue weighted by molar-refractivity contribution is 0.324. The Bertz CT molecular complexity index is 435. The fourth-order valence-electron chi connectivity index (χ4n) is 1.93. The van der Waals surface area contributed by atoms with Gasteiger partial charge in [-0.3, -0.25) is 0 Å². The maximum atomic E-state index is 5.34. The lowest BCUT2D eigenvalue weighted by Gasteiger charge is -2.21. The molecule has 5 heteroatoms. The number of hydrogen-bond donors (Lipinski definition) is 0. The zero-order chi connectivity index (χ0) is 13.1. The third-order valence-electron chi connectivity index (χ3n) is 2.86. The van der Waals surface area contributed by atoms with Crippen LogP contribution in [0.4, 0.5) is 5.69 Å². The van der Waals surface area contributed by atoms with Crippen molar-refractivity contribution in [2.24, 2.45) is 0 Å². The van der Waals surface area contributed by atoms with Crippen molar-refractivity contribution in [3.05, 3.63) is 24.5 Å². The molecule has 1 aromatic carbocycles. The van der Waals surface area contributed by atoms with Crippen molar-refractivity contribution >= 4 is 5.69 Å². The summed E-state index contributed by atoms with van der Waals surface area (Å²) < 4.78 is 16.0. The van der Waals surface area contributed by atoms with Gasteiger partial charge in [0.05, 0.1) is 28.0 Å². The van der Waals surface area contributed by atoms with Crippen LogP contribution in [0.3, 0.4) is 0 Å². The topological polar surface area (TPSA) is 34.2 Å². The maximum Gasteiger partial charge on any atom is 0.203 e. The van der Waals surface area contributed by atoms with E-state index in [-0.39, 0.29) is 0 Å². The standard InChI is InChI=1S/C13H18N2O3/c1-14-5-6-15(9-14)10-7-11(16-2)13(18-4)12(8-10)17-3/h5-8H,9H2,1-4H3. The first-order chi connectivity index (χ1) is 8.69. The highest BCUT2D eigenvalue weighted by Crippen LogP contribution is 2.41. The summed E-state index contributed by atoms with van der Waals surface area (Å²) >= 11 is 0. The fraction of sp³-hybridized carbons (Fsp3) is 0.385. The lowest BCUT2D eigenvalue weighted by atomic mass is 10.2. The van der Waals surface area contributed by atoms with Gasteiger partial charge in [0, 0.05) is 37.3 Å². The molecule has 0 saturated carbocycles. The van der Waals surface area contributed by atoms with Crippen molar-refractivity contribution in [1.82, 2.24) is 4.90 Å². The first-order valence-corrected chi connectivity index (χ1v) is 5.64. The van der Waals surface area contributed by atoms with Crippen LogP contribution in [-0.4, -0.2) is 39.9 Å². The number of rotatable bonds is 4. The van der Waals surface area contributed by atoms with Crippen LogP contribution in [0.5, 0.6) is 17.2 Å². The van der Waals surface area contributed by atoms with Gasteiger partial charge in [-0.05, 0) is 0 Å². The molecular weight excluding hydrogens is 232 g/mol. The molecule has 0 radical (unpaired) electrons. The zero-order valence-electron chi connectivity index (χ0n) is 11.1. The van der Waals surface area contributed by atoms with Crippen LogP contribution in [0.2, 0.25) is 0 Å². The second-order valence-corrected chi connectivity index (χ2v) is 4.05. The molecule has 0 aliphatic carbocycles.